The lowest BCUT2D eigenvalue weighted by molar-refractivity contribution is -0.170. The van der Waals surface area contributed by atoms with Crippen molar-refractivity contribution in [1.29, 1.82) is 5.41 Å². The molecule has 0 rings (SSSR count). The lowest BCUT2D eigenvalue weighted by Crippen LogP contribution is -2.63. The molecule has 12 nitrogen and oxygen atoms in total. The van der Waals surface area contributed by atoms with E-state index < -0.39 is 41.8 Å². The minimum atomic E-state index is -1.85. The van der Waals surface area contributed by atoms with E-state index in [0.29, 0.717) is 19.4 Å². The summed E-state index contributed by atoms with van der Waals surface area (Å²) in [7, 11) is 0. The monoisotopic (exact) mass is 500 g/mol. The number of guanidine groups is 1. The number of carboxylic acids is 2. The molecule has 0 aliphatic rings. The fourth-order valence-corrected chi connectivity index (χ4v) is 4.12. The number of hydrogen-bond donors (Lipinski definition) is 7. The highest BCUT2D eigenvalue weighted by atomic mass is 16.4. The number of aliphatic carboxylic acids is 2. The zero-order valence-electron chi connectivity index (χ0n) is 21.1. The van der Waals surface area contributed by atoms with Crippen LogP contribution in [0.4, 0.5) is 0 Å². The first kappa shape index (κ1) is 32.3. The van der Waals surface area contributed by atoms with Gasteiger partial charge in [0.15, 0.2) is 5.96 Å². The summed E-state index contributed by atoms with van der Waals surface area (Å²) in [6.45, 7) is 4.37. The molecule has 0 aliphatic heterocycles. The van der Waals surface area contributed by atoms with Gasteiger partial charge < -0.3 is 32.7 Å². The number of nitrogens with two attached hydrogens (primary N) is 3. The van der Waals surface area contributed by atoms with Crippen LogP contribution < -0.4 is 22.5 Å². The van der Waals surface area contributed by atoms with Crippen molar-refractivity contribution in [2.24, 2.45) is 23.1 Å². The van der Waals surface area contributed by atoms with Crippen molar-refractivity contribution in [3.05, 3.63) is 0 Å². The number of hydrogen-bond acceptors (Lipinski definition) is 7. The molecule has 0 saturated heterocycles. The van der Waals surface area contributed by atoms with Crippen LogP contribution in [-0.2, 0) is 19.2 Å². The first-order valence-electron chi connectivity index (χ1n) is 12.2. The van der Waals surface area contributed by atoms with Crippen molar-refractivity contribution < 1.29 is 29.4 Å². The third-order valence-electron chi connectivity index (χ3n) is 5.68. The first-order chi connectivity index (χ1) is 16.4. The second kappa shape index (κ2) is 16.8. The molecule has 0 bridgehead atoms. The predicted molar refractivity (Wildman–Crippen MR) is 132 cm³/mol. The van der Waals surface area contributed by atoms with Gasteiger partial charge in [0, 0.05) is 13.0 Å². The number of carbonyl (C=O) groups is 4. The zero-order valence-corrected chi connectivity index (χ0v) is 21.1. The number of rotatable bonds is 19. The molecule has 0 radical (unpaired) electrons. The molecule has 2 amide bonds. The van der Waals surface area contributed by atoms with Crippen molar-refractivity contribution >= 4 is 29.7 Å². The van der Waals surface area contributed by atoms with E-state index in [9.17, 15) is 24.3 Å². The highest BCUT2D eigenvalue weighted by molar-refractivity contribution is 6.03. The standard InChI is InChI=1S/C23H44N6O6/c1-16(2)15-23(21(34)35,11-9-12-24)29(20(33)17(25)14-19(31)32)18(30)10-7-5-3-4-6-8-13-28-22(26)27/h16-17H,3-15,24-25H2,1-2H3,(H,31,32)(H,34,35)(H4,26,27,28)/t17-,23+/m0/s1. The van der Waals surface area contributed by atoms with E-state index in [1.165, 1.54) is 0 Å². The maximum Gasteiger partial charge on any atom is 0.330 e. The van der Waals surface area contributed by atoms with E-state index in [0.717, 1.165) is 30.6 Å². The number of carboxylic acid groups (broad SMARTS) is 2. The summed E-state index contributed by atoms with van der Waals surface area (Å²) in [6, 6.07) is -1.54. The Balaban J connectivity index is 5.47. The minimum Gasteiger partial charge on any atom is -0.481 e. The van der Waals surface area contributed by atoms with Crippen LogP contribution in [0, 0.1) is 11.3 Å². The van der Waals surface area contributed by atoms with Crippen LogP contribution in [0.2, 0.25) is 0 Å². The molecule has 12 heteroatoms. The molecule has 0 aromatic heterocycles. The molecule has 0 unspecified atom stereocenters. The fraction of sp³-hybridized carbons (Fsp3) is 0.783. The van der Waals surface area contributed by atoms with Gasteiger partial charge in [-0.2, -0.15) is 0 Å². The zero-order chi connectivity index (χ0) is 27.0. The Hall–Kier alpha value is -2.73. The Labute approximate surface area is 207 Å². The van der Waals surface area contributed by atoms with Gasteiger partial charge in [0.2, 0.25) is 11.8 Å². The van der Waals surface area contributed by atoms with Crippen LogP contribution in [0.15, 0.2) is 0 Å². The number of carbonyl (C=O) groups excluding carboxylic acids is 2. The van der Waals surface area contributed by atoms with Gasteiger partial charge in [-0.3, -0.25) is 24.7 Å². The maximum atomic E-state index is 13.3. The van der Waals surface area contributed by atoms with Crippen LogP contribution in [0.25, 0.3) is 0 Å². The van der Waals surface area contributed by atoms with Gasteiger partial charge in [-0.05, 0) is 44.6 Å². The molecule has 0 saturated carbocycles. The molecule has 0 heterocycles. The average molecular weight is 501 g/mol. The van der Waals surface area contributed by atoms with Gasteiger partial charge in [0.05, 0.1) is 12.5 Å². The number of amides is 2. The summed E-state index contributed by atoms with van der Waals surface area (Å²) in [5.41, 5.74) is 14.8. The number of unbranched alkanes of at least 4 members (excludes halogenated alkanes) is 5. The molecular weight excluding hydrogens is 456 g/mol. The Bertz CT molecular complexity index is 717. The van der Waals surface area contributed by atoms with Crippen LogP contribution in [0.5, 0.6) is 0 Å². The number of imide groups is 1. The van der Waals surface area contributed by atoms with E-state index in [2.05, 4.69) is 5.32 Å². The smallest absolute Gasteiger partial charge is 0.330 e. The van der Waals surface area contributed by atoms with Gasteiger partial charge in [0.1, 0.15) is 5.54 Å². The molecule has 2 atom stereocenters. The van der Waals surface area contributed by atoms with Crippen LogP contribution >= 0.6 is 0 Å². The third kappa shape index (κ3) is 12.0. The summed E-state index contributed by atoms with van der Waals surface area (Å²) in [5.74, 6) is -4.53. The Morgan fingerprint density at radius 1 is 1.00 bits per heavy atom. The van der Waals surface area contributed by atoms with Gasteiger partial charge in [-0.1, -0.05) is 39.5 Å². The van der Waals surface area contributed by atoms with E-state index in [-0.39, 0.29) is 44.1 Å². The molecule has 0 fully saturated rings. The van der Waals surface area contributed by atoms with Gasteiger partial charge in [-0.15, -0.1) is 0 Å². The summed E-state index contributed by atoms with van der Waals surface area (Å²) in [6.07, 6.45) is 4.20. The van der Waals surface area contributed by atoms with E-state index in [1.807, 2.05) is 0 Å². The lowest BCUT2D eigenvalue weighted by Gasteiger charge is -2.41. The van der Waals surface area contributed by atoms with Crippen molar-refractivity contribution in [2.45, 2.75) is 96.1 Å². The Morgan fingerprint density at radius 3 is 2.06 bits per heavy atom. The Morgan fingerprint density at radius 2 is 1.57 bits per heavy atom. The molecule has 10 N–H and O–H groups in total. The van der Waals surface area contributed by atoms with Crippen LogP contribution in [-0.4, -0.2) is 69.5 Å². The summed E-state index contributed by atoms with van der Waals surface area (Å²) < 4.78 is 0. The average Bonchev–Trinajstić information content (AvgIpc) is 2.74. The number of nitrogens with zero attached hydrogens (tertiary/aromatic N) is 1. The normalized spacial score (nSPS) is 13.6. The fourth-order valence-electron chi connectivity index (χ4n) is 4.12. The molecule has 0 aliphatic carbocycles. The molecule has 0 spiro atoms. The molecule has 35 heavy (non-hydrogen) atoms. The van der Waals surface area contributed by atoms with Crippen LogP contribution in [0.3, 0.4) is 0 Å². The predicted octanol–water partition coefficient (Wildman–Crippen LogP) is 0.966. The SMILES string of the molecule is CC(C)C[C@](CCCN)(C(=O)O)N(C(=O)CCCCCCCCNC(=N)N)C(=O)[C@@H](N)CC(=O)O. The van der Waals surface area contributed by atoms with E-state index in [4.69, 9.17) is 27.7 Å². The molecule has 0 aromatic rings. The molecule has 202 valence electrons. The second-order valence-electron chi connectivity index (χ2n) is 9.31. The van der Waals surface area contributed by atoms with Crippen LogP contribution in [0.1, 0.15) is 84.5 Å². The van der Waals surface area contributed by atoms with E-state index >= 15 is 0 Å². The summed E-state index contributed by atoms with van der Waals surface area (Å²) in [5, 5.41) is 29.1. The summed E-state index contributed by atoms with van der Waals surface area (Å²) >= 11 is 0. The van der Waals surface area contributed by atoms with Gasteiger partial charge in [-0.25, -0.2) is 4.79 Å². The van der Waals surface area contributed by atoms with Gasteiger partial charge >= 0.3 is 11.9 Å². The van der Waals surface area contributed by atoms with Crippen molar-refractivity contribution in [2.75, 3.05) is 13.1 Å². The highest BCUT2D eigenvalue weighted by Crippen LogP contribution is 2.32. The van der Waals surface area contributed by atoms with Gasteiger partial charge in [0.25, 0.3) is 0 Å². The quantitative estimate of drug-likeness (QED) is 0.0755. The molecule has 0 aromatic carbocycles. The topological polar surface area (TPSA) is 226 Å². The number of nitrogens with one attached hydrogen (secondary N) is 2. The lowest BCUT2D eigenvalue weighted by atomic mass is 9.82. The maximum absolute atomic E-state index is 13.3. The van der Waals surface area contributed by atoms with E-state index in [1.54, 1.807) is 13.8 Å². The first-order valence-corrected chi connectivity index (χ1v) is 12.2. The highest BCUT2D eigenvalue weighted by Gasteiger charge is 2.50. The second-order valence-corrected chi connectivity index (χ2v) is 9.31. The summed E-state index contributed by atoms with van der Waals surface area (Å²) in [4.78, 5) is 50.8. The van der Waals surface area contributed by atoms with Crippen molar-refractivity contribution in [3.8, 4) is 0 Å². The van der Waals surface area contributed by atoms with Crippen molar-refractivity contribution in [1.82, 2.24) is 10.2 Å². The third-order valence-corrected chi connectivity index (χ3v) is 5.68. The Kier molecular flexibility index (Phi) is 15.5. The largest absolute Gasteiger partial charge is 0.481 e. The minimum absolute atomic E-state index is 0.00784. The van der Waals surface area contributed by atoms with Crippen molar-refractivity contribution in [3.63, 3.8) is 0 Å². The molecular formula is C23H44N6O6.